The molecule has 9 nitrogen and oxygen atoms in total. The highest BCUT2D eigenvalue weighted by Gasteiger charge is 2.31. The van der Waals surface area contributed by atoms with Gasteiger partial charge in [0, 0.05) is 69.9 Å². The summed E-state index contributed by atoms with van der Waals surface area (Å²) in [6.45, 7) is 16.2. The zero-order chi connectivity index (χ0) is 40.4. The van der Waals surface area contributed by atoms with Gasteiger partial charge in [-0.05, 0) is 96.3 Å². The van der Waals surface area contributed by atoms with Gasteiger partial charge in [-0.25, -0.2) is 13.2 Å². The number of hydrogen-bond donors (Lipinski definition) is 1. The number of nitrogens with zero attached hydrogens (tertiary/aromatic N) is 5. The van der Waals surface area contributed by atoms with E-state index in [-0.39, 0.29) is 25.0 Å². The lowest BCUT2D eigenvalue weighted by Gasteiger charge is -2.36. The van der Waals surface area contributed by atoms with E-state index in [9.17, 15) is 13.2 Å². The van der Waals surface area contributed by atoms with E-state index in [1.165, 1.54) is 32.6 Å². The van der Waals surface area contributed by atoms with Gasteiger partial charge in [-0.15, -0.1) is 21.5 Å². The van der Waals surface area contributed by atoms with Gasteiger partial charge in [0.2, 0.25) is 0 Å². The molecule has 0 spiro atoms. The SMILES string of the molecule is CC1Cc2c([nH]c3ccccc23)CN1CC(C)(C)F.Cc1sc2c(c1C)C(c1ccc(OCCOCCOc3cc(F)cc(F)c3)cc1)=N[C@@H](C)c1nnc(C)n1-2. The molecule has 300 valence electrons. The van der Waals surface area contributed by atoms with Crippen LogP contribution in [0.25, 0.3) is 15.9 Å². The number of ether oxygens (including phenoxy) is 3. The van der Waals surface area contributed by atoms with Gasteiger partial charge in [-0.2, -0.15) is 0 Å². The van der Waals surface area contributed by atoms with E-state index in [0.717, 1.165) is 70.4 Å². The van der Waals surface area contributed by atoms with Crippen LogP contribution in [-0.4, -0.2) is 75.0 Å². The van der Waals surface area contributed by atoms with E-state index in [1.54, 1.807) is 25.2 Å². The molecule has 8 rings (SSSR count). The Bertz CT molecular complexity index is 2360. The molecule has 5 heterocycles. The van der Waals surface area contributed by atoms with E-state index in [0.29, 0.717) is 25.8 Å². The molecule has 13 heteroatoms. The highest BCUT2D eigenvalue weighted by atomic mass is 32.1. The fourth-order valence-electron chi connectivity index (χ4n) is 7.44. The summed E-state index contributed by atoms with van der Waals surface area (Å²) < 4.78 is 59.0. The van der Waals surface area contributed by atoms with Crippen LogP contribution in [0.3, 0.4) is 0 Å². The van der Waals surface area contributed by atoms with Crippen molar-refractivity contribution in [3.8, 4) is 16.5 Å². The number of aromatic nitrogens is 4. The van der Waals surface area contributed by atoms with Crippen molar-refractivity contribution < 1.29 is 27.4 Å². The zero-order valence-electron chi connectivity index (χ0n) is 33.5. The molecular formula is C44H49F3N6O3S. The van der Waals surface area contributed by atoms with Crippen molar-refractivity contribution in [2.75, 3.05) is 33.0 Å². The third-order valence-electron chi connectivity index (χ3n) is 10.3. The van der Waals surface area contributed by atoms with Crippen LogP contribution in [0.5, 0.6) is 11.5 Å². The number of nitrogens with one attached hydrogen (secondary N) is 1. The lowest BCUT2D eigenvalue weighted by molar-refractivity contribution is 0.0763. The number of aromatic amines is 1. The molecule has 0 saturated heterocycles. The summed E-state index contributed by atoms with van der Waals surface area (Å²) in [6.07, 6.45) is 0.995. The summed E-state index contributed by atoms with van der Waals surface area (Å²) in [5, 5.41) is 11.1. The van der Waals surface area contributed by atoms with Crippen molar-refractivity contribution in [3.63, 3.8) is 0 Å². The molecule has 3 aromatic carbocycles. The summed E-state index contributed by atoms with van der Waals surface area (Å²) in [6, 6.07) is 19.6. The van der Waals surface area contributed by atoms with Gasteiger partial charge in [0.1, 0.15) is 58.9 Å². The maximum atomic E-state index is 13.9. The third kappa shape index (κ3) is 9.11. The van der Waals surface area contributed by atoms with E-state index in [1.807, 2.05) is 38.1 Å². The highest BCUT2D eigenvalue weighted by molar-refractivity contribution is 7.15. The summed E-state index contributed by atoms with van der Waals surface area (Å²) >= 11 is 1.74. The minimum Gasteiger partial charge on any atom is -0.491 e. The van der Waals surface area contributed by atoms with Crippen LogP contribution in [0.15, 0.2) is 71.7 Å². The topological polar surface area (TPSA) is 89.8 Å². The van der Waals surface area contributed by atoms with Crippen LogP contribution in [0.2, 0.25) is 0 Å². The smallest absolute Gasteiger partial charge is 0.162 e. The van der Waals surface area contributed by atoms with Gasteiger partial charge in [0.25, 0.3) is 0 Å². The fourth-order valence-corrected chi connectivity index (χ4v) is 8.66. The van der Waals surface area contributed by atoms with Crippen molar-refractivity contribution >= 4 is 28.0 Å². The molecule has 2 aliphatic heterocycles. The predicted octanol–water partition coefficient (Wildman–Crippen LogP) is 9.58. The third-order valence-corrected chi connectivity index (χ3v) is 11.5. The van der Waals surface area contributed by atoms with Crippen molar-refractivity contribution in [2.24, 2.45) is 4.99 Å². The van der Waals surface area contributed by atoms with Gasteiger partial charge >= 0.3 is 0 Å². The molecule has 57 heavy (non-hydrogen) atoms. The molecule has 2 aliphatic rings. The first kappa shape index (κ1) is 40.2. The van der Waals surface area contributed by atoms with E-state index in [4.69, 9.17) is 19.2 Å². The number of fused-ring (bicyclic) bond motifs is 6. The Morgan fingerprint density at radius 1 is 0.877 bits per heavy atom. The Balaban J connectivity index is 0.000000218. The molecule has 0 fully saturated rings. The Labute approximate surface area is 335 Å². The first-order valence-electron chi connectivity index (χ1n) is 19.3. The van der Waals surface area contributed by atoms with Crippen LogP contribution in [0, 0.1) is 32.4 Å². The molecule has 6 aromatic rings. The fraction of sp³-hybridized carbons (Fsp3) is 0.386. The molecule has 0 bridgehead atoms. The monoisotopic (exact) mass is 798 g/mol. The maximum Gasteiger partial charge on any atom is 0.162 e. The number of thiophene rings is 1. The second-order valence-corrected chi connectivity index (χ2v) is 16.5. The average molecular weight is 799 g/mol. The standard InChI is InChI=1S/C28H28F2N4O3S.C16H21FN2/c1-16-18(3)38-28-25(16)26(31-17(2)27-33-32-19(4)34(27)28)20-5-7-23(8-6-20)36-11-9-35-10-12-37-24-14-21(29)13-22(30)15-24;1-11-8-13-12-6-4-5-7-14(12)18-15(13)9-19(11)10-16(2,3)17/h5-8,13-15,17H,9-12H2,1-4H3;4-7,11,18H,8-10H2,1-3H3/t17-;/m0./s1. The van der Waals surface area contributed by atoms with Gasteiger partial charge < -0.3 is 19.2 Å². The van der Waals surface area contributed by atoms with Gasteiger partial charge in [-0.1, -0.05) is 18.2 Å². The minimum absolute atomic E-state index is 0.131. The van der Waals surface area contributed by atoms with Crippen molar-refractivity contribution in [1.82, 2.24) is 24.6 Å². The Hall–Kier alpha value is -4.98. The highest BCUT2D eigenvalue weighted by Crippen LogP contribution is 2.39. The van der Waals surface area contributed by atoms with Crippen LogP contribution in [0.1, 0.15) is 78.2 Å². The van der Waals surface area contributed by atoms with Crippen LogP contribution < -0.4 is 9.47 Å². The Morgan fingerprint density at radius 2 is 1.56 bits per heavy atom. The zero-order valence-corrected chi connectivity index (χ0v) is 34.3. The average Bonchev–Trinajstić information content (AvgIpc) is 3.78. The molecule has 0 amide bonds. The van der Waals surface area contributed by atoms with Gasteiger partial charge in [0.15, 0.2) is 5.82 Å². The minimum atomic E-state index is -1.14. The van der Waals surface area contributed by atoms with Crippen LogP contribution >= 0.6 is 11.3 Å². The number of alkyl halides is 1. The predicted molar refractivity (Wildman–Crippen MR) is 219 cm³/mol. The lowest BCUT2D eigenvalue weighted by Crippen LogP contribution is -2.44. The van der Waals surface area contributed by atoms with E-state index < -0.39 is 17.3 Å². The second kappa shape index (κ2) is 16.9. The summed E-state index contributed by atoms with van der Waals surface area (Å²) in [5.41, 5.74) is 6.99. The lowest BCUT2D eigenvalue weighted by atomic mass is 9.96. The number of para-hydroxylation sites is 1. The summed E-state index contributed by atoms with van der Waals surface area (Å²) in [5.74, 6) is 1.19. The Morgan fingerprint density at radius 3 is 2.26 bits per heavy atom. The number of halogens is 3. The van der Waals surface area contributed by atoms with E-state index in [2.05, 4.69) is 69.7 Å². The molecule has 1 N–H and O–H groups in total. The molecule has 3 aromatic heterocycles. The normalized spacial score (nSPS) is 16.6. The van der Waals surface area contributed by atoms with Gasteiger partial charge in [0.05, 0.1) is 18.9 Å². The van der Waals surface area contributed by atoms with Gasteiger partial charge in [-0.3, -0.25) is 14.5 Å². The molecular weight excluding hydrogens is 750 g/mol. The van der Waals surface area contributed by atoms with Crippen molar-refractivity contribution in [1.29, 1.82) is 0 Å². The number of aryl methyl sites for hydroxylation is 2. The van der Waals surface area contributed by atoms with Crippen LogP contribution in [-0.2, 0) is 17.7 Å². The first-order valence-corrected chi connectivity index (χ1v) is 20.1. The first-order chi connectivity index (χ1) is 27.3. The summed E-state index contributed by atoms with van der Waals surface area (Å²) in [4.78, 5) is 12.0. The quantitative estimate of drug-likeness (QED) is 0.131. The molecule has 0 radical (unpaired) electrons. The van der Waals surface area contributed by atoms with Crippen molar-refractivity contribution in [2.45, 2.75) is 79.2 Å². The number of hydrogen-bond acceptors (Lipinski definition) is 8. The molecule has 0 aliphatic carbocycles. The Kier molecular flexibility index (Phi) is 11.9. The maximum absolute atomic E-state index is 13.9. The number of aliphatic imine (C=N–C) groups is 1. The van der Waals surface area contributed by atoms with E-state index >= 15 is 0 Å². The number of H-pyrrole nitrogens is 1. The number of rotatable bonds is 11. The number of benzene rings is 3. The largest absolute Gasteiger partial charge is 0.491 e. The molecule has 2 atom stereocenters. The molecule has 0 saturated carbocycles. The van der Waals surface area contributed by atoms with Crippen molar-refractivity contribution in [3.05, 3.63) is 123 Å². The van der Waals surface area contributed by atoms with Crippen LogP contribution in [0.4, 0.5) is 13.2 Å². The summed E-state index contributed by atoms with van der Waals surface area (Å²) in [7, 11) is 0. The molecule has 1 unspecified atom stereocenters. The second-order valence-electron chi connectivity index (χ2n) is 15.3.